The molecule has 2 nitrogen and oxygen atoms in total. The standard InChI is InChI=1S/C56H49NOSi/c1-55(2)29-30-56(3,4)49-33-40(23-27-48(49)55)43-13-7-10-16-50(43)57(42-25-28-52-47(35-42)44-14-8-11-17-51(44)58-52)41-24-21-37-31-36(19-20-38(37)32-41)39-22-26-46-45-15-9-12-18-53(45)59(5,6)54(46)34-39/h7-28,31-35H,29-30H2,1-6H3. The Labute approximate surface area is 348 Å². The van der Waals surface area contributed by atoms with E-state index in [0.29, 0.717) is 0 Å². The third-order valence-electron chi connectivity index (χ3n) is 13.9. The molecule has 8 aromatic carbocycles. The largest absolute Gasteiger partial charge is 0.456 e. The lowest BCUT2D eigenvalue weighted by Crippen LogP contribution is -2.49. The van der Waals surface area contributed by atoms with Crippen LogP contribution in [0.2, 0.25) is 13.1 Å². The molecule has 1 aliphatic heterocycles. The Bertz CT molecular complexity index is 3160. The lowest BCUT2D eigenvalue weighted by molar-refractivity contribution is 0.332. The maximum Gasteiger partial charge on any atom is 0.135 e. The van der Waals surface area contributed by atoms with E-state index in [1.54, 1.807) is 5.19 Å². The fraction of sp³-hybridized carbons (Fsp3) is 0.179. The van der Waals surface area contributed by atoms with Crippen molar-refractivity contribution in [2.24, 2.45) is 0 Å². The van der Waals surface area contributed by atoms with Crippen LogP contribution in [-0.4, -0.2) is 8.07 Å². The summed E-state index contributed by atoms with van der Waals surface area (Å²) in [5.41, 5.74) is 16.2. The number of nitrogens with zero attached hydrogens (tertiary/aromatic N) is 1. The van der Waals surface area contributed by atoms with Gasteiger partial charge < -0.3 is 9.32 Å². The number of anilines is 3. The van der Waals surface area contributed by atoms with Crippen molar-refractivity contribution in [2.75, 3.05) is 4.90 Å². The first-order valence-electron chi connectivity index (χ1n) is 21.2. The summed E-state index contributed by atoms with van der Waals surface area (Å²) in [6, 6.07) is 61.3. The molecule has 59 heavy (non-hydrogen) atoms. The van der Waals surface area contributed by atoms with Gasteiger partial charge in [0.25, 0.3) is 0 Å². The number of hydrogen-bond donors (Lipinski definition) is 0. The maximum absolute atomic E-state index is 6.32. The van der Waals surface area contributed by atoms with Gasteiger partial charge >= 0.3 is 0 Å². The van der Waals surface area contributed by atoms with Gasteiger partial charge in [-0.05, 0) is 132 Å². The van der Waals surface area contributed by atoms with Crippen LogP contribution in [0.4, 0.5) is 17.1 Å². The fourth-order valence-corrected chi connectivity index (χ4v) is 13.5. The van der Waals surface area contributed by atoms with Crippen LogP contribution < -0.4 is 15.3 Å². The van der Waals surface area contributed by atoms with E-state index in [1.807, 2.05) is 6.07 Å². The summed E-state index contributed by atoms with van der Waals surface area (Å²) in [4.78, 5) is 2.45. The van der Waals surface area contributed by atoms with Crippen LogP contribution in [0.5, 0.6) is 0 Å². The van der Waals surface area contributed by atoms with Gasteiger partial charge in [0.1, 0.15) is 19.2 Å². The monoisotopic (exact) mass is 779 g/mol. The summed E-state index contributed by atoms with van der Waals surface area (Å²) in [5, 5.41) is 7.77. The Morgan fingerprint density at radius 3 is 1.93 bits per heavy atom. The van der Waals surface area contributed by atoms with Gasteiger partial charge in [-0.25, -0.2) is 0 Å². The molecule has 0 fully saturated rings. The summed E-state index contributed by atoms with van der Waals surface area (Å²) in [6.07, 6.45) is 2.38. The molecule has 0 saturated carbocycles. The fourth-order valence-electron chi connectivity index (χ4n) is 10.4. The highest BCUT2D eigenvalue weighted by Crippen LogP contribution is 2.49. The second-order valence-electron chi connectivity index (χ2n) is 18.8. The average molecular weight is 780 g/mol. The van der Waals surface area contributed by atoms with Crippen molar-refractivity contribution in [3.05, 3.63) is 175 Å². The van der Waals surface area contributed by atoms with E-state index in [2.05, 4.69) is 203 Å². The molecule has 0 radical (unpaired) electrons. The van der Waals surface area contributed by atoms with E-state index >= 15 is 0 Å². The first-order chi connectivity index (χ1) is 28.5. The smallest absolute Gasteiger partial charge is 0.135 e. The van der Waals surface area contributed by atoms with Crippen LogP contribution in [-0.2, 0) is 10.8 Å². The lowest BCUT2D eigenvalue weighted by atomic mass is 9.63. The van der Waals surface area contributed by atoms with Gasteiger partial charge in [-0.2, -0.15) is 0 Å². The summed E-state index contributed by atoms with van der Waals surface area (Å²) in [7, 11) is -1.77. The second-order valence-corrected chi connectivity index (χ2v) is 23.2. The van der Waals surface area contributed by atoms with Gasteiger partial charge in [0.15, 0.2) is 0 Å². The molecule has 2 aliphatic rings. The molecule has 0 saturated heterocycles. The van der Waals surface area contributed by atoms with Gasteiger partial charge in [-0.15, -0.1) is 0 Å². The molecule has 0 spiro atoms. The Balaban J connectivity index is 1.05. The predicted octanol–water partition coefficient (Wildman–Crippen LogP) is 14.7. The minimum atomic E-state index is -1.77. The van der Waals surface area contributed by atoms with Gasteiger partial charge in [-0.3, -0.25) is 0 Å². The van der Waals surface area contributed by atoms with E-state index < -0.39 is 8.07 Å². The lowest BCUT2D eigenvalue weighted by Gasteiger charge is -2.42. The van der Waals surface area contributed by atoms with E-state index in [0.717, 1.165) is 39.0 Å². The van der Waals surface area contributed by atoms with Gasteiger partial charge in [-0.1, -0.05) is 156 Å². The molecule has 3 heteroatoms. The van der Waals surface area contributed by atoms with Crippen LogP contribution in [0.15, 0.2) is 168 Å². The van der Waals surface area contributed by atoms with Crippen LogP contribution in [0.1, 0.15) is 51.7 Å². The molecule has 0 N–H and O–H groups in total. The third kappa shape index (κ3) is 5.66. The molecule has 0 bridgehead atoms. The van der Waals surface area contributed by atoms with Gasteiger partial charge in [0.2, 0.25) is 0 Å². The summed E-state index contributed by atoms with van der Waals surface area (Å²) >= 11 is 0. The van der Waals surface area contributed by atoms with Crippen molar-refractivity contribution in [3.8, 4) is 33.4 Å². The highest BCUT2D eigenvalue weighted by molar-refractivity contribution is 7.03. The van der Waals surface area contributed by atoms with Gasteiger partial charge in [0, 0.05) is 27.7 Å². The molecule has 1 aliphatic carbocycles. The van der Waals surface area contributed by atoms with E-state index in [4.69, 9.17) is 4.42 Å². The number of hydrogen-bond acceptors (Lipinski definition) is 2. The summed E-state index contributed by atoms with van der Waals surface area (Å²) in [6.45, 7) is 14.6. The van der Waals surface area contributed by atoms with Crippen molar-refractivity contribution in [2.45, 2.75) is 64.5 Å². The number of rotatable bonds is 5. The van der Waals surface area contributed by atoms with Crippen LogP contribution >= 0.6 is 0 Å². The highest BCUT2D eigenvalue weighted by Gasteiger charge is 2.38. The first kappa shape index (κ1) is 36.0. The molecule has 11 rings (SSSR count). The van der Waals surface area contributed by atoms with Crippen LogP contribution in [0.3, 0.4) is 0 Å². The zero-order valence-corrected chi connectivity index (χ0v) is 35.9. The van der Waals surface area contributed by atoms with Gasteiger partial charge in [0.05, 0.1) is 5.69 Å². The first-order valence-corrected chi connectivity index (χ1v) is 24.2. The van der Waals surface area contributed by atoms with Crippen molar-refractivity contribution < 1.29 is 4.42 Å². The topological polar surface area (TPSA) is 16.4 Å². The molecular weight excluding hydrogens is 731 g/mol. The predicted molar refractivity (Wildman–Crippen MR) is 254 cm³/mol. The Kier molecular flexibility index (Phi) is 7.87. The number of furan rings is 1. The van der Waals surface area contributed by atoms with Crippen molar-refractivity contribution in [1.82, 2.24) is 0 Å². The molecule has 2 heterocycles. The second kappa shape index (κ2) is 12.9. The molecule has 9 aromatic rings. The average Bonchev–Trinajstić information content (AvgIpc) is 3.73. The Morgan fingerprint density at radius 2 is 1.07 bits per heavy atom. The van der Waals surface area contributed by atoms with Crippen LogP contribution in [0, 0.1) is 0 Å². The van der Waals surface area contributed by atoms with Crippen LogP contribution in [0.25, 0.3) is 66.1 Å². The molecule has 0 amide bonds. The van der Waals surface area contributed by atoms with Crippen molar-refractivity contribution >= 4 is 68.2 Å². The normalized spacial score (nSPS) is 15.9. The summed E-state index contributed by atoms with van der Waals surface area (Å²) in [5.74, 6) is 0. The Morgan fingerprint density at radius 1 is 0.458 bits per heavy atom. The zero-order valence-electron chi connectivity index (χ0n) is 34.9. The van der Waals surface area contributed by atoms with Crippen molar-refractivity contribution in [1.29, 1.82) is 0 Å². The van der Waals surface area contributed by atoms with E-state index in [9.17, 15) is 0 Å². The minimum Gasteiger partial charge on any atom is -0.456 e. The number of para-hydroxylation sites is 2. The van der Waals surface area contributed by atoms with E-state index in [-0.39, 0.29) is 10.8 Å². The Hall–Kier alpha value is -6.16. The minimum absolute atomic E-state index is 0.114. The number of benzene rings is 8. The summed E-state index contributed by atoms with van der Waals surface area (Å²) < 4.78 is 6.32. The third-order valence-corrected chi connectivity index (χ3v) is 17.5. The quantitative estimate of drug-likeness (QED) is 0.162. The molecule has 0 atom stereocenters. The SMILES string of the molecule is CC1(C)CCC(C)(C)c2cc(-c3ccccc3N(c3ccc4cc(-c5ccc6c(c5)[Si](C)(C)c5ccccc5-6)ccc4c3)c3ccc4oc5ccccc5c4c3)ccc21. The molecular formula is C56H49NOSi. The molecule has 288 valence electrons. The van der Waals surface area contributed by atoms with Crippen molar-refractivity contribution in [3.63, 3.8) is 0 Å². The van der Waals surface area contributed by atoms with E-state index in [1.165, 1.54) is 73.3 Å². The highest BCUT2D eigenvalue weighted by atomic mass is 28.3. The molecule has 1 aromatic heterocycles. The maximum atomic E-state index is 6.32. The number of fused-ring (bicyclic) bond motifs is 8. The zero-order chi connectivity index (χ0) is 40.3. The molecule has 0 unspecified atom stereocenters.